The number of rotatable bonds is 5. The molecule has 1 aliphatic heterocycles. The van der Waals surface area contributed by atoms with Crippen molar-refractivity contribution in [2.24, 2.45) is 11.8 Å². The topological polar surface area (TPSA) is 41.1 Å². The summed E-state index contributed by atoms with van der Waals surface area (Å²) < 4.78 is 0. The molecule has 1 aromatic rings. The number of hydrogen-bond donors (Lipinski definition) is 2. The largest absolute Gasteiger partial charge is 0.356 e. The summed E-state index contributed by atoms with van der Waals surface area (Å²) in [6.07, 6.45) is 0.910. The number of halogens is 1. The van der Waals surface area contributed by atoms with Gasteiger partial charge in [-0.15, -0.1) is 12.4 Å². The van der Waals surface area contributed by atoms with Gasteiger partial charge in [0, 0.05) is 12.5 Å². The van der Waals surface area contributed by atoms with Crippen molar-refractivity contribution >= 4 is 18.3 Å². The standard InChI is InChI=1S/C16H24N2O.ClH/c1-11-4-5-14(12(2)8-11)6-7-18-16(19)13(3)15-9-17-10-15;/h4-5,8,13,15,17H,6-7,9-10H2,1-3H3,(H,18,19);1H. The van der Waals surface area contributed by atoms with Gasteiger partial charge in [0.25, 0.3) is 0 Å². The smallest absolute Gasteiger partial charge is 0.223 e. The second-order valence-corrected chi connectivity index (χ2v) is 5.68. The van der Waals surface area contributed by atoms with Crippen molar-refractivity contribution < 1.29 is 4.79 Å². The Morgan fingerprint density at radius 3 is 2.65 bits per heavy atom. The van der Waals surface area contributed by atoms with Gasteiger partial charge in [-0.2, -0.15) is 0 Å². The number of benzene rings is 1. The summed E-state index contributed by atoms with van der Waals surface area (Å²) in [6.45, 7) is 8.95. The zero-order chi connectivity index (χ0) is 13.8. The third-order valence-electron chi connectivity index (χ3n) is 4.13. The van der Waals surface area contributed by atoms with Crippen LogP contribution in [0.2, 0.25) is 0 Å². The van der Waals surface area contributed by atoms with Gasteiger partial charge in [0.1, 0.15) is 0 Å². The van der Waals surface area contributed by atoms with E-state index in [4.69, 9.17) is 0 Å². The molecular weight excluding hydrogens is 272 g/mol. The lowest BCUT2D eigenvalue weighted by Gasteiger charge is -2.31. The van der Waals surface area contributed by atoms with Gasteiger partial charge < -0.3 is 10.6 Å². The number of carbonyl (C=O) groups is 1. The fourth-order valence-electron chi connectivity index (χ4n) is 2.49. The van der Waals surface area contributed by atoms with E-state index in [0.717, 1.165) is 26.1 Å². The molecule has 0 aromatic heterocycles. The molecule has 1 amide bonds. The van der Waals surface area contributed by atoms with Crippen LogP contribution in [0.1, 0.15) is 23.6 Å². The van der Waals surface area contributed by atoms with E-state index in [2.05, 4.69) is 42.7 Å². The van der Waals surface area contributed by atoms with Crippen molar-refractivity contribution in [1.29, 1.82) is 0 Å². The lowest BCUT2D eigenvalue weighted by atomic mass is 9.88. The van der Waals surface area contributed by atoms with Gasteiger partial charge >= 0.3 is 0 Å². The molecule has 0 bridgehead atoms. The Bertz CT molecular complexity index is 458. The maximum atomic E-state index is 12.0. The minimum atomic E-state index is 0. The normalized spacial score (nSPS) is 15.9. The van der Waals surface area contributed by atoms with Crippen molar-refractivity contribution in [3.63, 3.8) is 0 Å². The highest BCUT2D eigenvalue weighted by Gasteiger charge is 2.28. The number of nitrogens with one attached hydrogen (secondary N) is 2. The molecule has 0 aliphatic carbocycles. The highest BCUT2D eigenvalue weighted by molar-refractivity contribution is 5.85. The van der Waals surface area contributed by atoms with E-state index in [1.165, 1.54) is 16.7 Å². The quantitative estimate of drug-likeness (QED) is 0.875. The molecule has 3 nitrogen and oxygen atoms in total. The Balaban J connectivity index is 0.00000200. The van der Waals surface area contributed by atoms with E-state index in [1.807, 2.05) is 6.92 Å². The first-order valence-corrected chi connectivity index (χ1v) is 7.12. The molecule has 1 aliphatic rings. The van der Waals surface area contributed by atoms with Crippen molar-refractivity contribution in [3.8, 4) is 0 Å². The van der Waals surface area contributed by atoms with E-state index in [0.29, 0.717) is 5.92 Å². The molecule has 4 heteroatoms. The number of amides is 1. The van der Waals surface area contributed by atoms with Crippen LogP contribution in [0.25, 0.3) is 0 Å². The first kappa shape index (κ1) is 17.0. The van der Waals surface area contributed by atoms with Crippen LogP contribution in [0.15, 0.2) is 18.2 Å². The monoisotopic (exact) mass is 296 g/mol. The molecular formula is C16H25ClN2O. The Hall–Kier alpha value is -1.06. The Morgan fingerprint density at radius 1 is 1.40 bits per heavy atom. The van der Waals surface area contributed by atoms with Crippen LogP contribution in [0, 0.1) is 25.7 Å². The average Bonchev–Trinajstić information content (AvgIpc) is 2.29. The van der Waals surface area contributed by atoms with Gasteiger partial charge in [-0.1, -0.05) is 30.7 Å². The summed E-state index contributed by atoms with van der Waals surface area (Å²) in [5.74, 6) is 0.831. The zero-order valence-corrected chi connectivity index (χ0v) is 13.3. The summed E-state index contributed by atoms with van der Waals surface area (Å²) in [7, 11) is 0. The highest BCUT2D eigenvalue weighted by atomic mass is 35.5. The third-order valence-corrected chi connectivity index (χ3v) is 4.13. The van der Waals surface area contributed by atoms with Crippen LogP contribution < -0.4 is 10.6 Å². The van der Waals surface area contributed by atoms with E-state index in [9.17, 15) is 4.79 Å². The SMILES string of the molecule is Cc1ccc(CCNC(=O)C(C)C2CNC2)c(C)c1.Cl. The molecule has 1 aromatic carbocycles. The van der Waals surface area contributed by atoms with Crippen molar-refractivity contribution in [3.05, 3.63) is 34.9 Å². The van der Waals surface area contributed by atoms with Crippen LogP contribution in [0.3, 0.4) is 0 Å². The molecule has 1 fully saturated rings. The van der Waals surface area contributed by atoms with Crippen LogP contribution in [0.5, 0.6) is 0 Å². The molecule has 20 heavy (non-hydrogen) atoms. The number of hydrogen-bond acceptors (Lipinski definition) is 2. The summed E-state index contributed by atoms with van der Waals surface area (Å²) in [5, 5.41) is 6.27. The lowest BCUT2D eigenvalue weighted by molar-refractivity contribution is -0.126. The molecule has 0 saturated carbocycles. The van der Waals surface area contributed by atoms with Gasteiger partial charge in [0.15, 0.2) is 0 Å². The summed E-state index contributed by atoms with van der Waals surface area (Å²) in [5.41, 5.74) is 3.92. The van der Waals surface area contributed by atoms with E-state index >= 15 is 0 Å². The maximum Gasteiger partial charge on any atom is 0.223 e. The van der Waals surface area contributed by atoms with E-state index < -0.39 is 0 Å². The molecule has 1 saturated heterocycles. The van der Waals surface area contributed by atoms with Crippen LogP contribution >= 0.6 is 12.4 Å². The molecule has 0 radical (unpaired) electrons. The van der Waals surface area contributed by atoms with Crippen LogP contribution in [0.4, 0.5) is 0 Å². The predicted molar refractivity (Wildman–Crippen MR) is 85.4 cm³/mol. The van der Waals surface area contributed by atoms with Crippen molar-refractivity contribution in [1.82, 2.24) is 10.6 Å². The fraction of sp³-hybridized carbons (Fsp3) is 0.562. The van der Waals surface area contributed by atoms with E-state index in [1.54, 1.807) is 0 Å². The number of aryl methyl sites for hydroxylation is 2. The fourth-order valence-corrected chi connectivity index (χ4v) is 2.49. The second kappa shape index (κ2) is 7.65. The van der Waals surface area contributed by atoms with Crippen LogP contribution in [-0.2, 0) is 11.2 Å². The van der Waals surface area contributed by atoms with Crippen LogP contribution in [-0.4, -0.2) is 25.5 Å². The summed E-state index contributed by atoms with van der Waals surface area (Å²) >= 11 is 0. The first-order valence-electron chi connectivity index (χ1n) is 7.12. The molecule has 0 spiro atoms. The molecule has 2 rings (SSSR count). The van der Waals surface area contributed by atoms with Crippen molar-refractivity contribution in [2.75, 3.05) is 19.6 Å². The Labute approximate surface area is 127 Å². The van der Waals surface area contributed by atoms with Gasteiger partial charge in [0.05, 0.1) is 0 Å². The molecule has 2 N–H and O–H groups in total. The van der Waals surface area contributed by atoms with Gasteiger partial charge in [-0.25, -0.2) is 0 Å². The highest BCUT2D eigenvalue weighted by Crippen LogP contribution is 2.16. The maximum absolute atomic E-state index is 12.0. The van der Waals surface area contributed by atoms with Gasteiger partial charge in [0.2, 0.25) is 5.91 Å². The molecule has 1 unspecified atom stereocenters. The molecule has 1 heterocycles. The predicted octanol–water partition coefficient (Wildman–Crippen LogP) is 2.24. The van der Waals surface area contributed by atoms with Gasteiger partial charge in [-0.3, -0.25) is 4.79 Å². The minimum Gasteiger partial charge on any atom is -0.356 e. The average molecular weight is 297 g/mol. The molecule has 1 atom stereocenters. The number of carbonyl (C=O) groups excluding carboxylic acids is 1. The second-order valence-electron chi connectivity index (χ2n) is 5.68. The first-order chi connectivity index (χ1) is 9.08. The van der Waals surface area contributed by atoms with E-state index in [-0.39, 0.29) is 24.2 Å². The lowest BCUT2D eigenvalue weighted by Crippen LogP contribution is -2.49. The third kappa shape index (κ3) is 4.22. The summed E-state index contributed by atoms with van der Waals surface area (Å²) in [6, 6.07) is 6.49. The Kier molecular flexibility index (Phi) is 6.50. The van der Waals surface area contributed by atoms with Gasteiger partial charge in [-0.05, 0) is 50.4 Å². The zero-order valence-electron chi connectivity index (χ0n) is 12.5. The molecule has 112 valence electrons. The Morgan fingerprint density at radius 2 is 2.10 bits per heavy atom. The van der Waals surface area contributed by atoms with Crippen molar-refractivity contribution in [2.45, 2.75) is 27.2 Å². The summed E-state index contributed by atoms with van der Waals surface area (Å²) in [4.78, 5) is 12.0. The minimum absolute atomic E-state index is 0.